The second kappa shape index (κ2) is 10.8. The van der Waals surface area contributed by atoms with E-state index in [1.165, 1.54) is 5.56 Å². The molecule has 1 aromatic carbocycles. The number of carboxylic acid groups (broad SMARTS) is 1. The number of ether oxygens (including phenoxy) is 3. The molecule has 3 aliphatic rings. The van der Waals surface area contributed by atoms with E-state index in [0.717, 1.165) is 35.8 Å². The molecule has 0 spiro atoms. The van der Waals surface area contributed by atoms with Gasteiger partial charge in [-0.05, 0) is 31.5 Å². The number of aliphatic hydroxyl groups excluding tert-OH is 4. The minimum absolute atomic E-state index is 0.0696. The lowest BCUT2D eigenvalue weighted by atomic mass is 9.78. The predicted octanol–water partition coefficient (Wildman–Crippen LogP) is 0.647. The molecule has 206 valence electrons. The van der Waals surface area contributed by atoms with Crippen molar-refractivity contribution in [2.75, 3.05) is 20.2 Å². The number of aliphatic carboxylic acids is 1. The average molecular weight is 531 g/mol. The van der Waals surface area contributed by atoms with Crippen molar-refractivity contribution in [3.63, 3.8) is 0 Å². The van der Waals surface area contributed by atoms with E-state index < -0.39 is 61.4 Å². The minimum atomic E-state index is -1.62. The lowest BCUT2D eigenvalue weighted by Crippen LogP contribution is -2.60. The number of rotatable bonds is 7. The zero-order valence-electron chi connectivity index (χ0n) is 21.0. The summed E-state index contributed by atoms with van der Waals surface area (Å²) in [7, 11) is 2.01. The van der Waals surface area contributed by atoms with E-state index in [9.17, 15) is 30.3 Å². The number of H-pyrrole nitrogens is 1. The number of nitrogens with zero attached hydrogens (tertiary/aromatic N) is 1. The summed E-state index contributed by atoms with van der Waals surface area (Å²) in [5.74, 6) is -2.34. The van der Waals surface area contributed by atoms with Crippen LogP contribution in [0.25, 0.3) is 10.9 Å². The normalized spacial score (nSPS) is 35.8. The zero-order valence-corrected chi connectivity index (χ0v) is 21.0. The first kappa shape index (κ1) is 26.8. The standard InChI is InChI=1S/C27H34N2O9/c1-3-13-16(10-19-21-15(8-9-29(19)2)14-6-4-5-7-18(14)28-21)17(25(34)35)12-36-26(13)38-27-24(33)23(32)22(31)20(11-30)37-27/h3-7,12-13,16,19-20,22-24,26-28,30-33H,1,8-11H2,2H3,(H,34,35). The van der Waals surface area contributed by atoms with Crippen molar-refractivity contribution >= 4 is 16.9 Å². The molecule has 0 amide bonds. The molecular formula is C27H34N2O9. The summed E-state index contributed by atoms with van der Waals surface area (Å²) in [4.78, 5) is 18.0. The molecule has 5 rings (SSSR count). The van der Waals surface area contributed by atoms with Crippen LogP contribution in [-0.2, 0) is 25.4 Å². The van der Waals surface area contributed by atoms with Crippen LogP contribution >= 0.6 is 0 Å². The molecule has 0 radical (unpaired) electrons. The summed E-state index contributed by atoms with van der Waals surface area (Å²) in [6.45, 7) is 4.11. The number of fused-ring (bicyclic) bond motifs is 3. The van der Waals surface area contributed by atoms with Crippen LogP contribution in [0.15, 0.2) is 48.8 Å². The second-order valence-corrected chi connectivity index (χ2v) is 10.2. The third-order valence-corrected chi connectivity index (χ3v) is 8.05. The van der Waals surface area contributed by atoms with E-state index in [1.54, 1.807) is 6.08 Å². The number of carboxylic acids is 1. The number of aromatic nitrogens is 1. The molecular weight excluding hydrogens is 496 g/mol. The first-order chi connectivity index (χ1) is 18.2. The molecule has 3 aliphatic heterocycles. The minimum Gasteiger partial charge on any atom is -0.478 e. The van der Waals surface area contributed by atoms with Gasteiger partial charge in [-0.25, -0.2) is 4.79 Å². The number of aliphatic hydroxyl groups is 4. The van der Waals surface area contributed by atoms with Crippen molar-refractivity contribution in [2.24, 2.45) is 11.8 Å². The van der Waals surface area contributed by atoms with Crippen molar-refractivity contribution in [3.05, 3.63) is 60.0 Å². The molecule has 11 nitrogen and oxygen atoms in total. The van der Waals surface area contributed by atoms with E-state index in [2.05, 4.69) is 22.5 Å². The first-order valence-corrected chi connectivity index (χ1v) is 12.7. The maximum absolute atomic E-state index is 12.2. The number of aromatic amines is 1. The van der Waals surface area contributed by atoms with Gasteiger partial charge in [0.25, 0.3) is 0 Å². The molecule has 1 saturated heterocycles. The van der Waals surface area contributed by atoms with Gasteiger partial charge in [0.1, 0.15) is 24.4 Å². The highest BCUT2D eigenvalue weighted by Crippen LogP contribution is 2.43. The summed E-state index contributed by atoms with van der Waals surface area (Å²) >= 11 is 0. The molecule has 0 aliphatic carbocycles. The summed E-state index contributed by atoms with van der Waals surface area (Å²) in [5, 5.41) is 51.3. The SMILES string of the molecule is C=CC1C(OC2OC(CO)C(O)C(O)C2O)OC=C(C(=O)O)C1CC1c2[nH]c3ccccc3c2CCN1C. The third-order valence-electron chi connectivity index (χ3n) is 8.05. The molecule has 38 heavy (non-hydrogen) atoms. The lowest BCUT2D eigenvalue weighted by molar-refractivity contribution is -0.339. The highest BCUT2D eigenvalue weighted by molar-refractivity contribution is 5.87. The monoisotopic (exact) mass is 530 g/mol. The fourth-order valence-corrected chi connectivity index (χ4v) is 5.90. The molecule has 0 saturated carbocycles. The Morgan fingerprint density at radius 1 is 1.21 bits per heavy atom. The van der Waals surface area contributed by atoms with E-state index in [0.29, 0.717) is 6.42 Å². The van der Waals surface area contributed by atoms with Gasteiger partial charge in [0.15, 0.2) is 6.29 Å². The number of hydrogen-bond donors (Lipinski definition) is 6. The van der Waals surface area contributed by atoms with Crippen molar-refractivity contribution in [2.45, 2.75) is 55.9 Å². The Hall–Kier alpha value is -2.77. The Morgan fingerprint density at radius 3 is 2.68 bits per heavy atom. The van der Waals surface area contributed by atoms with Gasteiger partial charge in [0.2, 0.25) is 6.29 Å². The van der Waals surface area contributed by atoms with Crippen molar-refractivity contribution in [3.8, 4) is 0 Å². The molecule has 2 aromatic rings. The van der Waals surface area contributed by atoms with Gasteiger partial charge in [0.05, 0.1) is 24.5 Å². The van der Waals surface area contributed by atoms with Crippen LogP contribution in [0.4, 0.5) is 0 Å². The van der Waals surface area contributed by atoms with E-state index in [1.807, 2.05) is 25.2 Å². The maximum Gasteiger partial charge on any atom is 0.334 e. The van der Waals surface area contributed by atoms with Crippen LogP contribution < -0.4 is 0 Å². The summed E-state index contributed by atoms with van der Waals surface area (Å²) < 4.78 is 17.0. The fourth-order valence-electron chi connectivity index (χ4n) is 5.90. The Balaban J connectivity index is 1.44. The maximum atomic E-state index is 12.2. The quantitative estimate of drug-likeness (QED) is 0.280. The van der Waals surface area contributed by atoms with Crippen LogP contribution in [0.3, 0.4) is 0 Å². The van der Waals surface area contributed by atoms with Crippen molar-refractivity contribution in [1.29, 1.82) is 0 Å². The van der Waals surface area contributed by atoms with E-state index >= 15 is 0 Å². The smallest absolute Gasteiger partial charge is 0.334 e. The van der Waals surface area contributed by atoms with E-state index in [4.69, 9.17) is 14.2 Å². The molecule has 4 heterocycles. The second-order valence-electron chi connectivity index (χ2n) is 10.2. The van der Waals surface area contributed by atoms with Crippen LogP contribution in [0.2, 0.25) is 0 Å². The fraction of sp³-hybridized carbons (Fsp3) is 0.519. The van der Waals surface area contributed by atoms with Crippen molar-refractivity contribution < 1.29 is 44.5 Å². The molecule has 9 unspecified atom stereocenters. The van der Waals surface area contributed by atoms with Crippen molar-refractivity contribution in [1.82, 2.24) is 9.88 Å². The largest absolute Gasteiger partial charge is 0.478 e. The lowest BCUT2D eigenvalue weighted by Gasteiger charge is -2.44. The highest BCUT2D eigenvalue weighted by atomic mass is 16.8. The summed E-state index contributed by atoms with van der Waals surface area (Å²) in [6, 6.07) is 7.97. The van der Waals surface area contributed by atoms with Gasteiger partial charge in [0, 0.05) is 35.0 Å². The van der Waals surface area contributed by atoms with Gasteiger partial charge >= 0.3 is 5.97 Å². The predicted molar refractivity (Wildman–Crippen MR) is 135 cm³/mol. The molecule has 1 aromatic heterocycles. The van der Waals surface area contributed by atoms with Gasteiger partial charge in [-0.1, -0.05) is 24.3 Å². The van der Waals surface area contributed by atoms with Crippen LogP contribution in [0.1, 0.15) is 23.7 Å². The van der Waals surface area contributed by atoms with Gasteiger partial charge in [-0.15, -0.1) is 6.58 Å². The van der Waals surface area contributed by atoms with Crippen LogP contribution in [0, 0.1) is 11.8 Å². The Labute approximate surface area is 219 Å². The van der Waals surface area contributed by atoms with Crippen LogP contribution in [-0.4, -0.2) is 98.6 Å². The summed E-state index contributed by atoms with van der Waals surface area (Å²) in [6.07, 6.45) is -4.46. The number of para-hydroxylation sites is 1. The Bertz CT molecular complexity index is 1210. The molecule has 9 atom stereocenters. The number of carbonyl (C=O) groups is 1. The van der Waals surface area contributed by atoms with Gasteiger partial charge in [-0.2, -0.15) is 0 Å². The van der Waals surface area contributed by atoms with Gasteiger partial charge < -0.3 is 44.7 Å². The summed E-state index contributed by atoms with van der Waals surface area (Å²) in [5.41, 5.74) is 3.37. The Kier molecular flexibility index (Phi) is 7.60. The molecule has 0 bridgehead atoms. The average Bonchev–Trinajstić information content (AvgIpc) is 3.29. The highest BCUT2D eigenvalue weighted by Gasteiger charge is 2.48. The zero-order chi connectivity index (χ0) is 27.1. The first-order valence-electron chi connectivity index (χ1n) is 12.7. The third kappa shape index (κ3) is 4.64. The number of nitrogens with one attached hydrogen (secondary N) is 1. The number of likely N-dealkylation sites (N-methyl/N-ethyl adjacent to an activating group) is 1. The topological polar surface area (TPSA) is 165 Å². The van der Waals surface area contributed by atoms with Gasteiger partial charge in [-0.3, -0.25) is 4.90 Å². The number of benzene rings is 1. The number of hydrogen-bond acceptors (Lipinski definition) is 9. The molecule has 6 N–H and O–H groups in total. The molecule has 11 heteroatoms. The van der Waals surface area contributed by atoms with Crippen LogP contribution in [0.5, 0.6) is 0 Å². The van der Waals surface area contributed by atoms with E-state index in [-0.39, 0.29) is 11.6 Å². The Morgan fingerprint density at radius 2 is 1.97 bits per heavy atom. The molecule has 1 fully saturated rings.